The topological polar surface area (TPSA) is 56.4 Å². The highest BCUT2D eigenvalue weighted by molar-refractivity contribution is 7.80. The van der Waals surface area contributed by atoms with Crippen LogP contribution >= 0.6 is 12.2 Å². The number of thiocarbonyl (C=S) groups is 1. The standard InChI is InChI=1S/C16H23BN4OS/c17-12-5-3-11(4-6-12)10-20-15(23)14-19-8-9-21(14)16(22)13-2-1-7-18-13/h3-6,13-14,18-19H,1-2,7-10,17H2,(H,20,23)/t13-,14+/m0/s1. The van der Waals surface area contributed by atoms with Crippen LogP contribution in [0, 0.1) is 0 Å². The van der Waals surface area contributed by atoms with E-state index in [1.165, 1.54) is 11.0 Å². The molecular weight excluding hydrogens is 307 g/mol. The second kappa shape index (κ2) is 7.42. The molecule has 3 rings (SSSR count). The van der Waals surface area contributed by atoms with Crippen LogP contribution in [0.1, 0.15) is 18.4 Å². The molecule has 2 saturated heterocycles. The van der Waals surface area contributed by atoms with Gasteiger partial charge in [0.05, 0.1) is 6.04 Å². The molecule has 3 N–H and O–H groups in total. The first kappa shape index (κ1) is 16.4. The smallest absolute Gasteiger partial charge is 0.241 e. The number of rotatable bonds is 4. The van der Waals surface area contributed by atoms with Crippen molar-refractivity contribution in [1.82, 2.24) is 20.9 Å². The van der Waals surface area contributed by atoms with Crippen LogP contribution in [0.4, 0.5) is 0 Å². The SMILES string of the molecule is Bc1ccc(CNC(=S)[C@@H]2NCCN2C(=O)[C@@H]2CCCN2)cc1. The molecule has 0 aromatic heterocycles. The highest BCUT2D eigenvalue weighted by Crippen LogP contribution is 2.13. The van der Waals surface area contributed by atoms with Crippen LogP contribution in [0.3, 0.4) is 0 Å². The first-order valence-electron chi connectivity index (χ1n) is 8.25. The van der Waals surface area contributed by atoms with Crippen molar-refractivity contribution in [2.75, 3.05) is 19.6 Å². The zero-order valence-corrected chi connectivity index (χ0v) is 14.3. The molecular formula is C16H23BN4OS. The maximum Gasteiger partial charge on any atom is 0.241 e. The third kappa shape index (κ3) is 3.91. The summed E-state index contributed by atoms with van der Waals surface area (Å²) < 4.78 is 0. The number of nitrogens with one attached hydrogen (secondary N) is 3. The van der Waals surface area contributed by atoms with Gasteiger partial charge < -0.3 is 15.5 Å². The van der Waals surface area contributed by atoms with Gasteiger partial charge in [0.25, 0.3) is 0 Å². The largest absolute Gasteiger partial charge is 0.373 e. The van der Waals surface area contributed by atoms with E-state index in [4.69, 9.17) is 12.2 Å². The van der Waals surface area contributed by atoms with E-state index in [9.17, 15) is 4.79 Å². The van der Waals surface area contributed by atoms with Gasteiger partial charge in [-0.25, -0.2) is 0 Å². The summed E-state index contributed by atoms with van der Waals surface area (Å²) >= 11 is 5.52. The quantitative estimate of drug-likeness (QED) is 0.482. The van der Waals surface area contributed by atoms with Crippen LogP contribution in [0.2, 0.25) is 0 Å². The molecule has 2 atom stereocenters. The molecule has 0 unspecified atom stereocenters. The van der Waals surface area contributed by atoms with Gasteiger partial charge >= 0.3 is 0 Å². The summed E-state index contributed by atoms with van der Waals surface area (Å²) in [6.45, 7) is 3.11. The third-order valence-electron chi connectivity index (χ3n) is 4.48. The van der Waals surface area contributed by atoms with Gasteiger partial charge in [-0.2, -0.15) is 0 Å². The number of carbonyl (C=O) groups excluding carboxylic acids is 1. The third-order valence-corrected chi connectivity index (χ3v) is 4.85. The summed E-state index contributed by atoms with van der Waals surface area (Å²) in [5.74, 6) is 0.164. The molecule has 1 aromatic carbocycles. The Morgan fingerprint density at radius 2 is 2.09 bits per heavy atom. The number of benzene rings is 1. The van der Waals surface area contributed by atoms with Gasteiger partial charge in [0.1, 0.15) is 19.0 Å². The summed E-state index contributed by atoms with van der Waals surface area (Å²) in [6, 6.07) is 8.33. The Kier molecular flexibility index (Phi) is 5.30. The zero-order chi connectivity index (χ0) is 16.2. The summed E-state index contributed by atoms with van der Waals surface area (Å²) in [7, 11) is 2.07. The molecule has 1 amide bonds. The summed E-state index contributed by atoms with van der Waals surface area (Å²) in [5.41, 5.74) is 2.43. The fourth-order valence-corrected chi connectivity index (χ4v) is 3.40. The number of nitrogens with zero attached hydrogens (tertiary/aromatic N) is 1. The molecule has 0 spiro atoms. The molecule has 122 valence electrons. The summed E-state index contributed by atoms with van der Waals surface area (Å²) in [4.78, 5) is 15.2. The predicted molar refractivity (Wildman–Crippen MR) is 98.6 cm³/mol. The molecule has 0 radical (unpaired) electrons. The van der Waals surface area contributed by atoms with Crippen molar-refractivity contribution in [2.24, 2.45) is 0 Å². The lowest BCUT2D eigenvalue weighted by molar-refractivity contribution is -0.132. The molecule has 2 aliphatic rings. The second-order valence-electron chi connectivity index (χ2n) is 6.24. The minimum absolute atomic E-state index is 0.0442. The maximum atomic E-state index is 12.6. The normalized spacial score (nSPS) is 23.9. The molecule has 5 nitrogen and oxygen atoms in total. The van der Waals surface area contributed by atoms with E-state index in [0.29, 0.717) is 18.1 Å². The number of carbonyl (C=O) groups is 1. The molecule has 0 bridgehead atoms. The molecule has 2 heterocycles. The van der Waals surface area contributed by atoms with E-state index in [2.05, 4.69) is 48.1 Å². The average Bonchev–Trinajstić information content (AvgIpc) is 3.24. The van der Waals surface area contributed by atoms with E-state index in [1.54, 1.807) is 0 Å². The van der Waals surface area contributed by atoms with Gasteiger partial charge in [-0.3, -0.25) is 10.1 Å². The van der Waals surface area contributed by atoms with Gasteiger partial charge in [0.15, 0.2) is 0 Å². The average molecular weight is 330 g/mol. The van der Waals surface area contributed by atoms with Crippen molar-refractivity contribution < 1.29 is 4.79 Å². The minimum Gasteiger partial charge on any atom is -0.373 e. The number of hydrogen-bond acceptors (Lipinski definition) is 4. The highest BCUT2D eigenvalue weighted by Gasteiger charge is 2.35. The first-order valence-corrected chi connectivity index (χ1v) is 8.66. The molecule has 0 saturated carbocycles. The van der Waals surface area contributed by atoms with Crippen LogP contribution in [0.15, 0.2) is 24.3 Å². The van der Waals surface area contributed by atoms with Crippen molar-refractivity contribution >= 4 is 36.4 Å². The lowest BCUT2D eigenvalue weighted by Gasteiger charge is -2.27. The number of amides is 1. The zero-order valence-electron chi connectivity index (χ0n) is 13.5. The monoisotopic (exact) mass is 330 g/mol. The van der Waals surface area contributed by atoms with E-state index < -0.39 is 0 Å². The Hall–Kier alpha value is -1.44. The Morgan fingerprint density at radius 3 is 2.78 bits per heavy atom. The number of hydrogen-bond donors (Lipinski definition) is 3. The molecule has 2 fully saturated rings. The lowest BCUT2D eigenvalue weighted by atomic mass is 9.95. The Morgan fingerprint density at radius 1 is 1.30 bits per heavy atom. The molecule has 2 aliphatic heterocycles. The van der Waals surface area contributed by atoms with Gasteiger partial charge in [0.2, 0.25) is 5.91 Å². The maximum absolute atomic E-state index is 12.6. The van der Waals surface area contributed by atoms with E-state index in [1.807, 2.05) is 4.90 Å². The van der Waals surface area contributed by atoms with Crippen molar-refractivity contribution in [3.05, 3.63) is 29.8 Å². The van der Waals surface area contributed by atoms with Crippen LogP contribution < -0.4 is 21.4 Å². The van der Waals surface area contributed by atoms with Crippen molar-refractivity contribution in [2.45, 2.75) is 31.6 Å². The highest BCUT2D eigenvalue weighted by atomic mass is 32.1. The van der Waals surface area contributed by atoms with Gasteiger partial charge in [-0.05, 0) is 24.9 Å². The fourth-order valence-electron chi connectivity index (χ4n) is 3.12. The van der Waals surface area contributed by atoms with Crippen molar-refractivity contribution in [3.8, 4) is 0 Å². The Bertz CT molecular complexity index is 574. The fraction of sp³-hybridized carbons (Fsp3) is 0.500. The van der Waals surface area contributed by atoms with E-state index in [-0.39, 0.29) is 18.1 Å². The predicted octanol–water partition coefficient (Wildman–Crippen LogP) is -1.13. The van der Waals surface area contributed by atoms with Crippen LogP contribution in [0.25, 0.3) is 0 Å². The Balaban J connectivity index is 1.57. The first-order chi connectivity index (χ1) is 11.1. The van der Waals surface area contributed by atoms with E-state index >= 15 is 0 Å². The van der Waals surface area contributed by atoms with E-state index in [0.717, 1.165) is 25.9 Å². The Labute approximate surface area is 143 Å². The molecule has 7 heteroatoms. The van der Waals surface area contributed by atoms with Crippen LogP contribution in [-0.4, -0.2) is 55.5 Å². The second-order valence-corrected chi connectivity index (χ2v) is 6.68. The molecule has 1 aromatic rings. The van der Waals surface area contributed by atoms with Crippen molar-refractivity contribution in [3.63, 3.8) is 0 Å². The van der Waals surface area contributed by atoms with Gasteiger partial charge in [0, 0.05) is 19.6 Å². The van der Waals surface area contributed by atoms with Gasteiger partial charge in [-0.15, -0.1) is 0 Å². The van der Waals surface area contributed by atoms with Crippen LogP contribution in [0.5, 0.6) is 0 Å². The van der Waals surface area contributed by atoms with Gasteiger partial charge in [-0.1, -0.05) is 41.9 Å². The molecule has 23 heavy (non-hydrogen) atoms. The van der Waals surface area contributed by atoms with Crippen molar-refractivity contribution in [1.29, 1.82) is 0 Å². The molecule has 0 aliphatic carbocycles. The summed E-state index contributed by atoms with van der Waals surface area (Å²) in [6.07, 6.45) is 1.80. The minimum atomic E-state index is -0.189. The lowest BCUT2D eigenvalue weighted by Crippen LogP contribution is -2.53. The summed E-state index contributed by atoms with van der Waals surface area (Å²) in [5, 5.41) is 9.89. The van der Waals surface area contributed by atoms with Crippen LogP contribution in [-0.2, 0) is 11.3 Å².